The van der Waals surface area contributed by atoms with Crippen LogP contribution in [0.3, 0.4) is 0 Å². The average Bonchev–Trinajstić information content (AvgIpc) is 2.90. The van der Waals surface area contributed by atoms with Crippen molar-refractivity contribution < 1.29 is 9.13 Å². The normalized spacial score (nSPS) is 17.1. The Bertz CT molecular complexity index is 639. The second-order valence-corrected chi connectivity index (χ2v) is 5.10. The molecule has 0 saturated carbocycles. The summed E-state index contributed by atoms with van der Waals surface area (Å²) in [4.78, 5) is 0. The Kier molecular flexibility index (Phi) is 3.45. The molecule has 0 aromatic heterocycles. The van der Waals surface area contributed by atoms with E-state index in [0.29, 0.717) is 17.4 Å². The van der Waals surface area contributed by atoms with Crippen LogP contribution in [0, 0.1) is 5.82 Å². The zero-order valence-corrected chi connectivity index (χ0v) is 11.7. The molecule has 0 heterocycles. The summed E-state index contributed by atoms with van der Waals surface area (Å²) in [6, 6.07) is 11.6. The first-order chi connectivity index (χ1) is 9.74. The number of fused-ring (bicyclic) bond motifs is 1. The summed E-state index contributed by atoms with van der Waals surface area (Å²) >= 11 is 0. The molecule has 2 nitrogen and oxygen atoms in total. The van der Waals surface area contributed by atoms with E-state index < -0.39 is 0 Å². The van der Waals surface area contributed by atoms with Gasteiger partial charge in [-0.1, -0.05) is 18.2 Å². The van der Waals surface area contributed by atoms with Gasteiger partial charge in [0.15, 0.2) is 0 Å². The van der Waals surface area contributed by atoms with Crippen LogP contribution in [0.4, 0.5) is 4.39 Å². The summed E-state index contributed by atoms with van der Waals surface area (Å²) in [7, 11) is 3.52. The predicted molar refractivity (Wildman–Crippen MR) is 78.5 cm³/mol. The van der Waals surface area contributed by atoms with Crippen LogP contribution in [0.25, 0.3) is 11.1 Å². The summed E-state index contributed by atoms with van der Waals surface area (Å²) in [5.41, 5.74) is 4.20. The maximum atomic E-state index is 14.3. The Morgan fingerprint density at radius 1 is 1.20 bits per heavy atom. The van der Waals surface area contributed by atoms with E-state index in [1.54, 1.807) is 13.2 Å². The van der Waals surface area contributed by atoms with E-state index in [9.17, 15) is 4.39 Å². The lowest BCUT2D eigenvalue weighted by Gasteiger charge is -2.13. The number of rotatable bonds is 3. The molecule has 3 rings (SSSR count). The van der Waals surface area contributed by atoms with E-state index >= 15 is 0 Å². The van der Waals surface area contributed by atoms with E-state index in [2.05, 4.69) is 11.4 Å². The van der Waals surface area contributed by atoms with Crippen molar-refractivity contribution in [3.8, 4) is 16.9 Å². The molecule has 0 bridgehead atoms. The number of hydrogen-bond donors (Lipinski definition) is 1. The molecule has 1 atom stereocenters. The van der Waals surface area contributed by atoms with Crippen LogP contribution in [-0.4, -0.2) is 14.2 Å². The number of nitrogens with one attached hydrogen (secondary N) is 1. The number of halogens is 1. The Morgan fingerprint density at radius 2 is 2.05 bits per heavy atom. The topological polar surface area (TPSA) is 21.3 Å². The molecule has 0 radical (unpaired) electrons. The standard InChI is InChI=1S/C17H18FNO/c1-19-17-9-8-13-12(4-3-5-15(13)17)14-7-6-11(20-2)10-16(14)18/h3-7,10,17,19H,8-9H2,1-2H3. The number of methoxy groups -OCH3 is 1. The van der Waals surface area contributed by atoms with Crippen LogP contribution >= 0.6 is 0 Å². The molecule has 0 amide bonds. The molecule has 1 N–H and O–H groups in total. The van der Waals surface area contributed by atoms with Gasteiger partial charge in [0.25, 0.3) is 0 Å². The van der Waals surface area contributed by atoms with Crippen LogP contribution < -0.4 is 10.1 Å². The minimum Gasteiger partial charge on any atom is -0.497 e. The third-order valence-corrected chi connectivity index (χ3v) is 4.09. The molecule has 104 valence electrons. The molecular weight excluding hydrogens is 253 g/mol. The Morgan fingerprint density at radius 3 is 2.75 bits per heavy atom. The van der Waals surface area contributed by atoms with Crippen molar-refractivity contribution in [1.29, 1.82) is 0 Å². The fraction of sp³-hybridized carbons (Fsp3) is 0.294. The highest BCUT2D eigenvalue weighted by Crippen LogP contribution is 2.38. The van der Waals surface area contributed by atoms with Crippen molar-refractivity contribution in [3.63, 3.8) is 0 Å². The number of benzene rings is 2. The third-order valence-electron chi connectivity index (χ3n) is 4.09. The van der Waals surface area contributed by atoms with Crippen molar-refractivity contribution in [1.82, 2.24) is 5.32 Å². The average molecular weight is 271 g/mol. The molecule has 2 aromatic rings. The highest BCUT2D eigenvalue weighted by molar-refractivity contribution is 5.71. The lowest BCUT2D eigenvalue weighted by molar-refractivity contribution is 0.411. The summed E-state index contributed by atoms with van der Waals surface area (Å²) in [6.07, 6.45) is 2.06. The van der Waals surface area contributed by atoms with E-state index in [4.69, 9.17) is 4.74 Å². The summed E-state index contributed by atoms with van der Waals surface area (Å²) in [5.74, 6) is 0.317. The van der Waals surface area contributed by atoms with E-state index in [0.717, 1.165) is 18.4 Å². The molecule has 0 aliphatic heterocycles. The van der Waals surface area contributed by atoms with Gasteiger partial charge in [0.2, 0.25) is 0 Å². The van der Waals surface area contributed by atoms with Gasteiger partial charge in [-0.2, -0.15) is 0 Å². The van der Waals surface area contributed by atoms with Gasteiger partial charge < -0.3 is 10.1 Å². The van der Waals surface area contributed by atoms with Gasteiger partial charge in [-0.15, -0.1) is 0 Å². The molecule has 1 aliphatic carbocycles. The van der Waals surface area contributed by atoms with Gasteiger partial charge in [0.05, 0.1) is 7.11 Å². The minimum absolute atomic E-state index is 0.231. The molecule has 1 aliphatic rings. The van der Waals surface area contributed by atoms with Crippen molar-refractivity contribution in [2.24, 2.45) is 0 Å². The summed E-state index contributed by atoms with van der Waals surface area (Å²) in [5, 5.41) is 3.32. The Labute approximate surface area is 118 Å². The van der Waals surface area contributed by atoms with E-state index in [1.165, 1.54) is 17.2 Å². The van der Waals surface area contributed by atoms with E-state index in [1.807, 2.05) is 25.2 Å². The first-order valence-corrected chi connectivity index (χ1v) is 6.87. The second kappa shape index (κ2) is 5.25. The van der Waals surface area contributed by atoms with Crippen LogP contribution in [0.5, 0.6) is 5.75 Å². The Hall–Kier alpha value is -1.87. The maximum absolute atomic E-state index is 14.3. The SMILES string of the molecule is CNC1CCc2c(-c3ccc(OC)cc3F)cccc21. The van der Waals surface area contributed by atoms with Crippen LogP contribution in [0.1, 0.15) is 23.6 Å². The molecule has 0 fully saturated rings. The first-order valence-electron chi connectivity index (χ1n) is 6.87. The molecule has 1 unspecified atom stereocenters. The molecule has 20 heavy (non-hydrogen) atoms. The van der Waals surface area contributed by atoms with Crippen molar-refractivity contribution >= 4 is 0 Å². The molecule has 2 aromatic carbocycles. The second-order valence-electron chi connectivity index (χ2n) is 5.10. The van der Waals surface area contributed by atoms with Crippen molar-refractivity contribution in [3.05, 3.63) is 53.3 Å². The fourth-order valence-electron chi connectivity index (χ4n) is 3.05. The third kappa shape index (κ3) is 2.08. The smallest absolute Gasteiger partial charge is 0.134 e. The monoisotopic (exact) mass is 271 g/mol. The van der Waals surface area contributed by atoms with Gasteiger partial charge in [-0.25, -0.2) is 4.39 Å². The van der Waals surface area contributed by atoms with Crippen molar-refractivity contribution in [2.75, 3.05) is 14.2 Å². The van der Waals surface area contributed by atoms with Crippen LogP contribution in [0.15, 0.2) is 36.4 Å². The summed E-state index contributed by atoms with van der Waals surface area (Å²) in [6.45, 7) is 0. The summed E-state index contributed by atoms with van der Waals surface area (Å²) < 4.78 is 19.3. The minimum atomic E-state index is -0.231. The van der Waals surface area contributed by atoms with Gasteiger partial charge in [0.1, 0.15) is 11.6 Å². The highest BCUT2D eigenvalue weighted by Gasteiger charge is 2.24. The highest BCUT2D eigenvalue weighted by atomic mass is 19.1. The van der Waals surface area contributed by atoms with Crippen LogP contribution in [-0.2, 0) is 6.42 Å². The van der Waals surface area contributed by atoms with Gasteiger partial charge in [0, 0.05) is 17.7 Å². The number of ether oxygens (including phenoxy) is 1. The zero-order chi connectivity index (χ0) is 14.1. The van der Waals surface area contributed by atoms with E-state index in [-0.39, 0.29) is 5.82 Å². The Balaban J connectivity index is 2.10. The first kappa shape index (κ1) is 13.1. The largest absolute Gasteiger partial charge is 0.497 e. The quantitative estimate of drug-likeness (QED) is 0.919. The van der Waals surface area contributed by atoms with Gasteiger partial charge in [-0.3, -0.25) is 0 Å². The lowest BCUT2D eigenvalue weighted by Crippen LogP contribution is -2.12. The van der Waals surface area contributed by atoms with Gasteiger partial charge >= 0.3 is 0 Å². The maximum Gasteiger partial charge on any atom is 0.134 e. The molecule has 3 heteroatoms. The fourth-order valence-corrected chi connectivity index (χ4v) is 3.05. The zero-order valence-electron chi connectivity index (χ0n) is 11.7. The molecule has 0 spiro atoms. The van der Waals surface area contributed by atoms with Crippen molar-refractivity contribution in [2.45, 2.75) is 18.9 Å². The number of hydrogen-bond acceptors (Lipinski definition) is 2. The lowest BCUT2D eigenvalue weighted by atomic mass is 9.96. The van der Waals surface area contributed by atoms with Gasteiger partial charge in [-0.05, 0) is 48.7 Å². The predicted octanol–water partition coefficient (Wildman–Crippen LogP) is 3.71. The molecule has 0 saturated heterocycles. The molecular formula is C17H18FNO. The van der Waals surface area contributed by atoms with Crippen LogP contribution in [0.2, 0.25) is 0 Å².